The highest BCUT2D eigenvalue weighted by molar-refractivity contribution is 7.21. The van der Waals surface area contributed by atoms with Crippen LogP contribution in [0.15, 0.2) is 48.5 Å². The molecule has 0 aliphatic carbocycles. The molecule has 3 aromatic rings. The molecule has 0 saturated carbocycles. The molecule has 1 aromatic heterocycles. The topological polar surface area (TPSA) is 79.2 Å². The smallest absolute Gasteiger partial charge is 0.350 e. The summed E-state index contributed by atoms with van der Waals surface area (Å²) >= 11 is 7.48. The maximum absolute atomic E-state index is 12.4. The summed E-state index contributed by atoms with van der Waals surface area (Å²) in [6.07, 6.45) is -1.00. The third-order valence-corrected chi connectivity index (χ3v) is 5.31. The van der Waals surface area contributed by atoms with Crippen molar-refractivity contribution in [3.63, 3.8) is 0 Å². The number of carbonyl (C=O) groups excluding carboxylic acids is 2. The SMILES string of the molecule is C[C@H](OC(=O)c1sc2ccccc2c1Cl)C(=O)Nc1ccc(C#N)cc1. The monoisotopic (exact) mass is 384 g/mol. The largest absolute Gasteiger partial charge is 0.448 e. The second-order valence-electron chi connectivity index (χ2n) is 5.47. The maximum atomic E-state index is 12.4. The zero-order valence-corrected chi connectivity index (χ0v) is 15.2. The fraction of sp³-hybridized carbons (Fsp3) is 0.105. The molecule has 0 saturated heterocycles. The summed E-state index contributed by atoms with van der Waals surface area (Å²) in [5.41, 5.74) is 0.999. The van der Waals surface area contributed by atoms with Gasteiger partial charge in [-0.15, -0.1) is 11.3 Å². The number of esters is 1. The molecule has 2 aromatic carbocycles. The third-order valence-electron chi connectivity index (χ3n) is 3.65. The number of amides is 1. The molecule has 0 bridgehead atoms. The van der Waals surface area contributed by atoms with Crippen LogP contribution in [0, 0.1) is 11.3 Å². The Morgan fingerprint density at radius 2 is 1.88 bits per heavy atom. The molecule has 26 heavy (non-hydrogen) atoms. The molecule has 5 nitrogen and oxygen atoms in total. The van der Waals surface area contributed by atoms with Gasteiger partial charge in [0.1, 0.15) is 4.88 Å². The lowest BCUT2D eigenvalue weighted by atomic mass is 10.2. The van der Waals surface area contributed by atoms with Crippen LogP contribution in [-0.2, 0) is 9.53 Å². The van der Waals surface area contributed by atoms with Crippen molar-refractivity contribution in [3.05, 3.63) is 64.0 Å². The van der Waals surface area contributed by atoms with Crippen molar-refractivity contribution in [2.45, 2.75) is 13.0 Å². The lowest BCUT2D eigenvalue weighted by Gasteiger charge is -2.13. The van der Waals surface area contributed by atoms with Crippen molar-refractivity contribution < 1.29 is 14.3 Å². The summed E-state index contributed by atoms with van der Waals surface area (Å²) in [4.78, 5) is 24.9. The first kappa shape index (κ1) is 17.9. The molecule has 0 unspecified atom stereocenters. The van der Waals surface area contributed by atoms with Gasteiger partial charge in [0, 0.05) is 15.8 Å². The van der Waals surface area contributed by atoms with Gasteiger partial charge in [0.05, 0.1) is 16.7 Å². The van der Waals surface area contributed by atoms with Crippen LogP contribution in [0.25, 0.3) is 10.1 Å². The lowest BCUT2D eigenvalue weighted by molar-refractivity contribution is -0.123. The van der Waals surface area contributed by atoms with E-state index in [1.54, 1.807) is 24.3 Å². The summed E-state index contributed by atoms with van der Waals surface area (Å²) in [6.45, 7) is 1.48. The fourth-order valence-corrected chi connectivity index (χ4v) is 3.68. The first-order chi connectivity index (χ1) is 12.5. The average molecular weight is 385 g/mol. The molecular weight excluding hydrogens is 372 g/mol. The van der Waals surface area contributed by atoms with Crippen LogP contribution in [0.1, 0.15) is 22.2 Å². The predicted octanol–water partition coefficient (Wildman–Crippen LogP) is 4.61. The van der Waals surface area contributed by atoms with Crippen molar-refractivity contribution in [1.82, 2.24) is 0 Å². The van der Waals surface area contributed by atoms with Gasteiger partial charge in [0.25, 0.3) is 5.91 Å². The molecular formula is C19H13ClN2O3S. The van der Waals surface area contributed by atoms with Crippen LogP contribution in [0.4, 0.5) is 5.69 Å². The zero-order valence-electron chi connectivity index (χ0n) is 13.7. The Balaban J connectivity index is 1.68. The van der Waals surface area contributed by atoms with E-state index in [1.807, 2.05) is 30.3 Å². The Morgan fingerprint density at radius 1 is 1.19 bits per heavy atom. The minimum Gasteiger partial charge on any atom is -0.448 e. The van der Waals surface area contributed by atoms with Gasteiger partial charge in [-0.2, -0.15) is 5.26 Å². The first-order valence-electron chi connectivity index (χ1n) is 7.68. The number of thiophene rings is 1. The summed E-state index contributed by atoms with van der Waals surface area (Å²) in [5.74, 6) is -1.11. The predicted molar refractivity (Wildman–Crippen MR) is 101 cm³/mol. The third kappa shape index (κ3) is 3.69. The number of nitrogens with one attached hydrogen (secondary N) is 1. The number of benzene rings is 2. The fourth-order valence-electron chi connectivity index (χ4n) is 2.28. The van der Waals surface area contributed by atoms with Gasteiger partial charge >= 0.3 is 5.97 Å². The Labute approximate surface area is 158 Å². The Bertz CT molecular complexity index is 1020. The minimum absolute atomic E-state index is 0.269. The molecule has 0 aliphatic heterocycles. The molecule has 7 heteroatoms. The molecule has 1 atom stereocenters. The minimum atomic E-state index is -1.00. The molecule has 1 heterocycles. The van der Waals surface area contributed by atoms with Crippen molar-refractivity contribution in [1.29, 1.82) is 5.26 Å². The number of fused-ring (bicyclic) bond motifs is 1. The van der Waals surface area contributed by atoms with Crippen LogP contribution in [0.2, 0.25) is 5.02 Å². The molecule has 1 amide bonds. The van der Waals surface area contributed by atoms with E-state index in [1.165, 1.54) is 18.3 Å². The normalized spacial score (nSPS) is 11.6. The van der Waals surface area contributed by atoms with Crippen LogP contribution in [-0.4, -0.2) is 18.0 Å². The van der Waals surface area contributed by atoms with E-state index in [2.05, 4.69) is 5.32 Å². The zero-order chi connectivity index (χ0) is 18.7. The van der Waals surface area contributed by atoms with Crippen LogP contribution >= 0.6 is 22.9 Å². The van der Waals surface area contributed by atoms with E-state index in [0.29, 0.717) is 16.3 Å². The number of nitrogens with zero attached hydrogens (tertiary/aromatic N) is 1. The van der Waals surface area contributed by atoms with Crippen molar-refractivity contribution in [2.75, 3.05) is 5.32 Å². The van der Waals surface area contributed by atoms with E-state index < -0.39 is 18.0 Å². The van der Waals surface area contributed by atoms with Crippen LogP contribution in [0.5, 0.6) is 0 Å². The van der Waals surface area contributed by atoms with Gasteiger partial charge < -0.3 is 10.1 Å². The van der Waals surface area contributed by atoms with Gasteiger partial charge in [0.2, 0.25) is 0 Å². The summed E-state index contributed by atoms with van der Waals surface area (Å²) in [6, 6.07) is 15.8. The molecule has 0 spiro atoms. The number of hydrogen-bond donors (Lipinski definition) is 1. The van der Waals surface area contributed by atoms with E-state index in [4.69, 9.17) is 21.6 Å². The number of carbonyl (C=O) groups is 2. The number of anilines is 1. The molecule has 3 rings (SSSR count). The van der Waals surface area contributed by atoms with E-state index >= 15 is 0 Å². The summed E-state index contributed by atoms with van der Waals surface area (Å²) < 4.78 is 6.12. The molecule has 130 valence electrons. The highest BCUT2D eigenvalue weighted by Crippen LogP contribution is 2.35. The number of nitriles is 1. The second kappa shape index (κ2) is 7.56. The molecule has 1 N–H and O–H groups in total. The van der Waals surface area contributed by atoms with Gasteiger partial charge in [-0.25, -0.2) is 4.79 Å². The molecule has 0 fully saturated rings. The van der Waals surface area contributed by atoms with E-state index in [0.717, 1.165) is 10.1 Å². The standard InChI is InChI=1S/C19H13ClN2O3S/c1-11(18(23)22-13-8-6-12(10-21)7-9-13)25-19(24)17-16(20)14-4-2-3-5-15(14)26-17/h2-9,11H,1H3,(H,22,23)/t11-/m0/s1. The highest BCUT2D eigenvalue weighted by Gasteiger charge is 2.23. The molecule has 0 aliphatic rings. The number of halogens is 1. The Kier molecular flexibility index (Phi) is 5.21. The Morgan fingerprint density at radius 3 is 2.54 bits per heavy atom. The van der Waals surface area contributed by atoms with Gasteiger partial charge in [-0.3, -0.25) is 4.79 Å². The lowest BCUT2D eigenvalue weighted by Crippen LogP contribution is -2.29. The summed E-state index contributed by atoms with van der Waals surface area (Å²) in [7, 11) is 0. The van der Waals surface area contributed by atoms with Gasteiger partial charge in [-0.05, 0) is 37.3 Å². The average Bonchev–Trinajstić information content (AvgIpc) is 2.99. The Hall–Kier alpha value is -2.88. The van der Waals surface area contributed by atoms with Crippen LogP contribution in [0.3, 0.4) is 0 Å². The van der Waals surface area contributed by atoms with E-state index in [9.17, 15) is 9.59 Å². The number of hydrogen-bond acceptors (Lipinski definition) is 5. The quantitative estimate of drug-likeness (QED) is 0.666. The van der Waals surface area contributed by atoms with Crippen LogP contribution < -0.4 is 5.32 Å². The summed E-state index contributed by atoms with van der Waals surface area (Å²) in [5, 5.41) is 12.5. The number of rotatable bonds is 4. The van der Waals surface area contributed by atoms with E-state index in [-0.39, 0.29) is 4.88 Å². The highest BCUT2D eigenvalue weighted by atomic mass is 35.5. The first-order valence-corrected chi connectivity index (χ1v) is 8.88. The van der Waals surface area contributed by atoms with Crippen molar-refractivity contribution in [3.8, 4) is 6.07 Å². The second-order valence-corrected chi connectivity index (χ2v) is 6.90. The maximum Gasteiger partial charge on any atom is 0.350 e. The molecule has 0 radical (unpaired) electrons. The van der Waals surface area contributed by atoms with Crippen molar-refractivity contribution >= 4 is 50.6 Å². The van der Waals surface area contributed by atoms with Gasteiger partial charge in [-0.1, -0.05) is 29.8 Å². The van der Waals surface area contributed by atoms with Gasteiger partial charge in [0.15, 0.2) is 6.10 Å². The van der Waals surface area contributed by atoms with Crippen molar-refractivity contribution in [2.24, 2.45) is 0 Å². The number of ether oxygens (including phenoxy) is 1.